The van der Waals surface area contributed by atoms with Gasteiger partial charge in [-0.25, -0.2) is 9.37 Å². The first-order valence-electron chi connectivity index (χ1n) is 8.33. The number of aliphatic hydroxyl groups is 1. The van der Waals surface area contributed by atoms with Crippen LogP contribution in [0.4, 0.5) is 4.39 Å². The van der Waals surface area contributed by atoms with Crippen LogP contribution >= 0.6 is 0 Å². The molecule has 1 aliphatic heterocycles. The van der Waals surface area contributed by atoms with E-state index in [1.165, 1.54) is 18.6 Å². The standard InChI is InChI=1S/C17H23FN4O2/c18-14-4-6-17(7-5-14)24-11-16(23)10-21-8-2-1-3-15(21)9-22-13-19-12-20-22/h4-7,12-13,15-16,23H,1-3,8-11H2/t15-,16-/m1/s1. The Balaban J connectivity index is 1.49. The molecule has 0 radical (unpaired) electrons. The number of hydrogen-bond donors (Lipinski definition) is 1. The average Bonchev–Trinajstić information content (AvgIpc) is 3.09. The third-order valence-corrected chi connectivity index (χ3v) is 4.31. The number of likely N-dealkylation sites (tertiary alicyclic amines) is 1. The molecular formula is C17H23FN4O2. The molecule has 2 aromatic rings. The van der Waals surface area contributed by atoms with Crippen LogP contribution in [0.5, 0.6) is 5.75 Å². The second kappa shape index (κ2) is 8.21. The Morgan fingerprint density at radius 1 is 1.29 bits per heavy atom. The Hall–Kier alpha value is -1.99. The fourth-order valence-electron chi connectivity index (χ4n) is 3.10. The molecule has 0 bridgehead atoms. The zero-order valence-corrected chi connectivity index (χ0v) is 13.6. The molecule has 1 fully saturated rings. The van der Waals surface area contributed by atoms with Crippen molar-refractivity contribution in [1.29, 1.82) is 0 Å². The van der Waals surface area contributed by atoms with E-state index in [-0.39, 0.29) is 12.4 Å². The van der Waals surface area contributed by atoms with Crippen molar-refractivity contribution < 1.29 is 14.2 Å². The van der Waals surface area contributed by atoms with Crippen molar-refractivity contribution in [3.8, 4) is 5.75 Å². The third-order valence-electron chi connectivity index (χ3n) is 4.31. The van der Waals surface area contributed by atoms with Gasteiger partial charge in [0, 0.05) is 12.6 Å². The molecule has 0 amide bonds. The first-order valence-corrected chi connectivity index (χ1v) is 8.33. The number of aromatic nitrogens is 3. The summed E-state index contributed by atoms with van der Waals surface area (Å²) in [4.78, 5) is 6.28. The van der Waals surface area contributed by atoms with Gasteiger partial charge in [0.05, 0.1) is 6.54 Å². The highest BCUT2D eigenvalue weighted by molar-refractivity contribution is 5.22. The van der Waals surface area contributed by atoms with Gasteiger partial charge in [0.25, 0.3) is 0 Å². The van der Waals surface area contributed by atoms with Crippen molar-refractivity contribution >= 4 is 0 Å². The quantitative estimate of drug-likeness (QED) is 0.835. The predicted octanol–water partition coefficient (Wildman–Crippen LogP) is 1.71. The lowest BCUT2D eigenvalue weighted by Gasteiger charge is -2.36. The highest BCUT2D eigenvalue weighted by atomic mass is 19.1. The molecule has 0 unspecified atom stereocenters. The predicted molar refractivity (Wildman–Crippen MR) is 87.1 cm³/mol. The highest BCUT2D eigenvalue weighted by Gasteiger charge is 2.25. The van der Waals surface area contributed by atoms with Crippen molar-refractivity contribution in [2.75, 3.05) is 19.7 Å². The number of hydrogen-bond acceptors (Lipinski definition) is 5. The number of rotatable bonds is 7. The Labute approximate surface area is 140 Å². The lowest BCUT2D eigenvalue weighted by atomic mass is 10.0. The molecule has 0 spiro atoms. The molecule has 1 aromatic carbocycles. The summed E-state index contributed by atoms with van der Waals surface area (Å²) < 4.78 is 20.2. The van der Waals surface area contributed by atoms with Crippen LogP contribution in [0.2, 0.25) is 0 Å². The van der Waals surface area contributed by atoms with Crippen LogP contribution in [0.15, 0.2) is 36.9 Å². The van der Waals surface area contributed by atoms with Crippen LogP contribution in [-0.4, -0.2) is 56.6 Å². The van der Waals surface area contributed by atoms with E-state index in [2.05, 4.69) is 15.0 Å². The van der Waals surface area contributed by atoms with E-state index in [0.29, 0.717) is 18.3 Å². The summed E-state index contributed by atoms with van der Waals surface area (Å²) >= 11 is 0. The van der Waals surface area contributed by atoms with Crippen molar-refractivity contribution in [2.24, 2.45) is 0 Å². The largest absolute Gasteiger partial charge is 0.491 e. The average molecular weight is 334 g/mol. The molecule has 0 saturated carbocycles. The van der Waals surface area contributed by atoms with Gasteiger partial charge in [-0.05, 0) is 43.7 Å². The van der Waals surface area contributed by atoms with E-state index in [9.17, 15) is 9.50 Å². The summed E-state index contributed by atoms with van der Waals surface area (Å²) in [5.41, 5.74) is 0. The molecule has 0 aliphatic carbocycles. The number of nitrogens with zero attached hydrogens (tertiary/aromatic N) is 4. The fraction of sp³-hybridized carbons (Fsp3) is 0.529. The summed E-state index contributed by atoms with van der Waals surface area (Å²) in [7, 11) is 0. The minimum atomic E-state index is -0.591. The normalized spacial score (nSPS) is 20.0. The number of β-amino-alcohol motifs (C(OH)–C–C–N with tert-alkyl or cyclic N) is 1. The second-order valence-corrected chi connectivity index (χ2v) is 6.18. The molecule has 3 rings (SSSR count). The highest BCUT2D eigenvalue weighted by Crippen LogP contribution is 2.19. The van der Waals surface area contributed by atoms with E-state index in [4.69, 9.17) is 4.74 Å². The van der Waals surface area contributed by atoms with Gasteiger partial charge in [0.1, 0.15) is 36.9 Å². The van der Waals surface area contributed by atoms with Crippen LogP contribution in [0.25, 0.3) is 0 Å². The molecule has 6 nitrogen and oxygen atoms in total. The Kier molecular flexibility index (Phi) is 5.77. The lowest BCUT2D eigenvalue weighted by Crippen LogP contribution is -2.46. The first kappa shape index (κ1) is 16.9. The van der Waals surface area contributed by atoms with Crippen molar-refractivity contribution in [3.05, 3.63) is 42.7 Å². The van der Waals surface area contributed by atoms with Crippen molar-refractivity contribution in [3.63, 3.8) is 0 Å². The van der Waals surface area contributed by atoms with E-state index >= 15 is 0 Å². The zero-order valence-electron chi connectivity index (χ0n) is 13.6. The minimum Gasteiger partial charge on any atom is -0.491 e. The Bertz CT molecular complexity index is 606. The maximum Gasteiger partial charge on any atom is 0.137 e. The monoisotopic (exact) mass is 334 g/mol. The maximum atomic E-state index is 12.9. The fourth-order valence-corrected chi connectivity index (χ4v) is 3.10. The zero-order chi connectivity index (χ0) is 16.8. The van der Waals surface area contributed by atoms with Crippen molar-refractivity contribution in [2.45, 2.75) is 38.0 Å². The van der Waals surface area contributed by atoms with Crippen LogP contribution in [-0.2, 0) is 6.54 Å². The molecule has 24 heavy (non-hydrogen) atoms. The molecule has 2 atom stereocenters. The van der Waals surface area contributed by atoms with Crippen molar-refractivity contribution in [1.82, 2.24) is 19.7 Å². The van der Waals surface area contributed by atoms with E-state index in [1.54, 1.807) is 24.8 Å². The SMILES string of the molecule is O[C@@H](COc1ccc(F)cc1)CN1CCCC[C@@H]1Cn1cncn1. The molecule has 1 aliphatic rings. The maximum absolute atomic E-state index is 12.9. The summed E-state index contributed by atoms with van der Waals surface area (Å²) in [5.74, 6) is 0.264. The third kappa shape index (κ3) is 4.75. The summed E-state index contributed by atoms with van der Waals surface area (Å²) in [6.07, 6.45) is 6.09. The van der Waals surface area contributed by atoms with Gasteiger partial charge in [0.15, 0.2) is 0 Å². The number of aliphatic hydroxyl groups excluding tert-OH is 1. The molecule has 1 aromatic heterocycles. The molecule has 130 valence electrons. The van der Waals surface area contributed by atoms with Crippen LogP contribution in [0.3, 0.4) is 0 Å². The molecule has 1 saturated heterocycles. The summed E-state index contributed by atoms with van der Waals surface area (Å²) in [5, 5.41) is 14.5. The van der Waals surface area contributed by atoms with Gasteiger partial charge in [-0.1, -0.05) is 6.42 Å². The van der Waals surface area contributed by atoms with Gasteiger partial charge in [-0.15, -0.1) is 0 Å². The molecule has 7 heteroatoms. The Morgan fingerprint density at radius 3 is 2.88 bits per heavy atom. The Morgan fingerprint density at radius 2 is 2.12 bits per heavy atom. The van der Waals surface area contributed by atoms with Gasteiger partial charge in [0.2, 0.25) is 0 Å². The number of halogens is 1. The molecule has 2 heterocycles. The first-order chi connectivity index (χ1) is 11.7. The molecular weight excluding hydrogens is 311 g/mol. The van der Waals surface area contributed by atoms with Crippen LogP contribution in [0, 0.1) is 5.82 Å². The van der Waals surface area contributed by atoms with Gasteiger partial charge in [-0.2, -0.15) is 5.10 Å². The van der Waals surface area contributed by atoms with Gasteiger partial charge in [-0.3, -0.25) is 9.58 Å². The second-order valence-electron chi connectivity index (χ2n) is 6.18. The van der Waals surface area contributed by atoms with Crippen LogP contribution in [0.1, 0.15) is 19.3 Å². The number of ether oxygens (including phenoxy) is 1. The topological polar surface area (TPSA) is 63.4 Å². The molecule has 1 N–H and O–H groups in total. The van der Waals surface area contributed by atoms with Gasteiger partial charge >= 0.3 is 0 Å². The van der Waals surface area contributed by atoms with Crippen LogP contribution < -0.4 is 4.74 Å². The summed E-state index contributed by atoms with van der Waals surface area (Å²) in [6.45, 7) is 2.50. The smallest absolute Gasteiger partial charge is 0.137 e. The van der Waals surface area contributed by atoms with Gasteiger partial charge < -0.3 is 9.84 Å². The number of piperidine rings is 1. The van der Waals surface area contributed by atoms with E-state index < -0.39 is 6.10 Å². The summed E-state index contributed by atoms with van der Waals surface area (Å²) in [6, 6.07) is 6.18. The number of benzene rings is 1. The minimum absolute atomic E-state index is 0.193. The lowest BCUT2D eigenvalue weighted by molar-refractivity contribution is 0.0345. The van der Waals surface area contributed by atoms with E-state index in [1.807, 2.05) is 4.68 Å². The van der Waals surface area contributed by atoms with E-state index in [0.717, 1.165) is 25.9 Å².